The van der Waals surface area contributed by atoms with Gasteiger partial charge in [0.05, 0.1) is 18.8 Å². The standard InChI is InChI=1S/C19H23NO4S/c1-5-15-12(4)25-18(16(15)19(22)24-7-3)20-17(21)13-8-10-14(11-9-13)23-6-2/h8-11H,5-7H2,1-4H3,(H,20,21). The van der Waals surface area contributed by atoms with E-state index in [9.17, 15) is 9.59 Å². The van der Waals surface area contributed by atoms with Crippen molar-refractivity contribution in [2.45, 2.75) is 34.1 Å². The zero-order valence-electron chi connectivity index (χ0n) is 15.0. The number of ether oxygens (including phenoxy) is 2. The topological polar surface area (TPSA) is 64.6 Å². The lowest BCUT2D eigenvalue weighted by Crippen LogP contribution is -2.15. The number of amides is 1. The van der Waals surface area contributed by atoms with E-state index >= 15 is 0 Å². The van der Waals surface area contributed by atoms with E-state index in [1.165, 1.54) is 11.3 Å². The molecule has 2 aromatic rings. The molecule has 0 aliphatic rings. The van der Waals surface area contributed by atoms with Crippen LogP contribution in [0.2, 0.25) is 0 Å². The van der Waals surface area contributed by atoms with Crippen molar-refractivity contribution in [2.75, 3.05) is 18.5 Å². The predicted octanol–water partition coefficient (Wildman–Crippen LogP) is 4.45. The zero-order valence-corrected chi connectivity index (χ0v) is 15.8. The third-order valence-electron chi connectivity index (χ3n) is 3.70. The van der Waals surface area contributed by atoms with E-state index in [0.717, 1.165) is 10.4 Å². The molecule has 0 saturated heterocycles. The van der Waals surface area contributed by atoms with Gasteiger partial charge in [-0.3, -0.25) is 4.79 Å². The van der Waals surface area contributed by atoms with E-state index in [1.807, 2.05) is 20.8 Å². The molecule has 6 heteroatoms. The molecular formula is C19H23NO4S. The second-order valence-corrected chi connectivity index (χ2v) is 6.55. The Morgan fingerprint density at radius 1 is 1.08 bits per heavy atom. The SMILES string of the molecule is CCOC(=O)c1c(NC(=O)c2ccc(OCC)cc2)sc(C)c1CC. The van der Waals surface area contributed by atoms with E-state index in [4.69, 9.17) is 9.47 Å². The summed E-state index contributed by atoms with van der Waals surface area (Å²) in [5, 5.41) is 3.39. The molecule has 1 aromatic heterocycles. The van der Waals surface area contributed by atoms with Crippen molar-refractivity contribution >= 4 is 28.2 Å². The molecule has 0 spiro atoms. The van der Waals surface area contributed by atoms with Crippen LogP contribution in [0.4, 0.5) is 5.00 Å². The van der Waals surface area contributed by atoms with Crippen LogP contribution in [0.3, 0.4) is 0 Å². The van der Waals surface area contributed by atoms with E-state index in [-0.39, 0.29) is 5.91 Å². The van der Waals surface area contributed by atoms with Gasteiger partial charge in [-0.25, -0.2) is 4.79 Å². The minimum absolute atomic E-state index is 0.266. The fourth-order valence-electron chi connectivity index (χ4n) is 2.56. The lowest BCUT2D eigenvalue weighted by atomic mass is 10.1. The summed E-state index contributed by atoms with van der Waals surface area (Å²) >= 11 is 1.40. The van der Waals surface area contributed by atoms with Crippen LogP contribution in [-0.2, 0) is 11.2 Å². The number of nitrogens with one attached hydrogen (secondary N) is 1. The van der Waals surface area contributed by atoms with Crippen LogP contribution in [0.15, 0.2) is 24.3 Å². The van der Waals surface area contributed by atoms with Gasteiger partial charge in [-0.2, -0.15) is 0 Å². The van der Waals surface area contributed by atoms with Gasteiger partial charge in [0.1, 0.15) is 10.8 Å². The number of carbonyl (C=O) groups excluding carboxylic acids is 2. The minimum atomic E-state index is -0.398. The molecule has 1 N–H and O–H groups in total. The van der Waals surface area contributed by atoms with E-state index in [1.54, 1.807) is 31.2 Å². The fourth-order valence-corrected chi connectivity index (χ4v) is 3.68. The van der Waals surface area contributed by atoms with E-state index in [0.29, 0.717) is 41.5 Å². The maximum Gasteiger partial charge on any atom is 0.341 e. The number of thiophene rings is 1. The van der Waals surface area contributed by atoms with Crippen molar-refractivity contribution in [1.82, 2.24) is 0 Å². The minimum Gasteiger partial charge on any atom is -0.494 e. The molecule has 1 amide bonds. The van der Waals surface area contributed by atoms with Crippen molar-refractivity contribution in [3.63, 3.8) is 0 Å². The third kappa shape index (κ3) is 4.39. The summed E-state index contributed by atoms with van der Waals surface area (Å²) in [4.78, 5) is 25.8. The first kappa shape index (κ1) is 19.0. The highest BCUT2D eigenvalue weighted by molar-refractivity contribution is 7.16. The highest BCUT2D eigenvalue weighted by Crippen LogP contribution is 2.34. The van der Waals surface area contributed by atoms with Gasteiger partial charge in [-0.05, 0) is 57.0 Å². The molecule has 0 radical (unpaired) electrons. The summed E-state index contributed by atoms with van der Waals surface area (Å²) in [7, 11) is 0. The average molecular weight is 361 g/mol. The lowest BCUT2D eigenvalue weighted by Gasteiger charge is -2.08. The summed E-state index contributed by atoms with van der Waals surface area (Å²) in [6.45, 7) is 8.46. The van der Waals surface area contributed by atoms with Crippen molar-refractivity contribution in [3.8, 4) is 5.75 Å². The van der Waals surface area contributed by atoms with Crippen LogP contribution in [0.5, 0.6) is 5.75 Å². The molecule has 5 nitrogen and oxygen atoms in total. The van der Waals surface area contributed by atoms with Gasteiger partial charge in [0.2, 0.25) is 0 Å². The van der Waals surface area contributed by atoms with Gasteiger partial charge in [0.15, 0.2) is 0 Å². The second kappa shape index (κ2) is 8.67. The summed E-state index contributed by atoms with van der Waals surface area (Å²) in [6.07, 6.45) is 0.704. The van der Waals surface area contributed by atoms with Crippen LogP contribution < -0.4 is 10.1 Å². The molecule has 0 aliphatic heterocycles. The molecule has 1 aromatic carbocycles. The smallest absolute Gasteiger partial charge is 0.341 e. The maximum absolute atomic E-state index is 12.5. The lowest BCUT2D eigenvalue weighted by molar-refractivity contribution is 0.0527. The normalized spacial score (nSPS) is 10.4. The average Bonchev–Trinajstić information content (AvgIpc) is 2.91. The van der Waals surface area contributed by atoms with Crippen molar-refractivity contribution < 1.29 is 19.1 Å². The van der Waals surface area contributed by atoms with Crippen LogP contribution in [0, 0.1) is 6.92 Å². The molecule has 0 atom stereocenters. The van der Waals surface area contributed by atoms with Crippen molar-refractivity contribution in [1.29, 1.82) is 0 Å². The maximum atomic E-state index is 12.5. The molecule has 0 bridgehead atoms. The van der Waals surface area contributed by atoms with Gasteiger partial charge >= 0.3 is 5.97 Å². The first-order chi connectivity index (χ1) is 12.0. The molecule has 134 valence electrons. The predicted molar refractivity (Wildman–Crippen MR) is 100.0 cm³/mol. The molecule has 25 heavy (non-hydrogen) atoms. The first-order valence-corrected chi connectivity index (χ1v) is 9.16. The largest absolute Gasteiger partial charge is 0.494 e. The Labute approximate surface area is 152 Å². The number of anilines is 1. The van der Waals surface area contributed by atoms with Crippen molar-refractivity contribution in [3.05, 3.63) is 45.8 Å². The van der Waals surface area contributed by atoms with E-state index < -0.39 is 5.97 Å². The highest BCUT2D eigenvalue weighted by atomic mass is 32.1. The summed E-state index contributed by atoms with van der Waals surface area (Å²) in [6, 6.07) is 6.90. The third-order valence-corrected chi connectivity index (χ3v) is 4.76. The number of carbonyl (C=O) groups is 2. The van der Waals surface area contributed by atoms with Gasteiger partial charge in [0, 0.05) is 10.4 Å². The van der Waals surface area contributed by atoms with Crippen molar-refractivity contribution in [2.24, 2.45) is 0 Å². The number of hydrogen-bond donors (Lipinski definition) is 1. The molecule has 2 rings (SSSR count). The summed E-state index contributed by atoms with van der Waals surface area (Å²) < 4.78 is 10.5. The molecule has 0 fully saturated rings. The highest BCUT2D eigenvalue weighted by Gasteiger charge is 2.23. The van der Waals surface area contributed by atoms with Crippen LogP contribution in [0.25, 0.3) is 0 Å². The number of aryl methyl sites for hydroxylation is 1. The zero-order chi connectivity index (χ0) is 18.4. The molecule has 0 aliphatic carbocycles. The first-order valence-electron chi connectivity index (χ1n) is 8.35. The number of esters is 1. The Bertz CT molecular complexity index is 750. The number of hydrogen-bond acceptors (Lipinski definition) is 5. The number of rotatable bonds is 7. The quantitative estimate of drug-likeness (QED) is 0.740. The Morgan fingerprint density at radius 3 is 2.32 bits per heavy atom. The van der Waals surface area contributed by atoms with Crippen LogP contribution in [-0.4, -0.2) is 25.1 Å². The van der Waals surface area contributed by atoms with Crippen LogP contribution in [0.1, 0.15) is 51.9 Å². The van der Waals surface area contributed by atoms with Gasteiger partial charge < -0.3 is 14.8 Å². The monoisotopic (exact) mass is 361 g/mol. The van der Waals surface area contributed by atoms with Gasteiger partial charge in [-0.1, -0.05) is 6.92 Å². The summed E-state index contributed by atoms with van der Waals surface area (Å²) in [5.41, 5.74) is 1.89. The molecule has 0 unspecified atom stereocenters. The summed E-state index contributed by atoms with van der Waals surface area (Å²) in [5.74, 6) is 0.0506. The Morgan fingerprint density at radius 2 is 1.76 bits per heavy atom. The molecular weight excluding hydrogens is 338 g/mol. The van der Waals surface area contributed by atoms with Crippen LogP contribution >= 0.6 is 11.3 Å². The van der Waals surface area contributed by atoms with E-state index in [2.05, 4.69) is 5.32 Å². The second-order valence-electron chi connectivity index (χ2n) is 5.33. The van der Waals surface area contributed by atoms with Gasteiger partial charge in [-0.15, -0.1) is 11.3 Å². The number of benzene rings is 1. The van der Waals surface area contributed by atoms with Gasteiger partial charge in [0.25, 0.3) is 5.91 Å². The Balaban J connectivity index is 2.26. The fraction of sp³-hybridized carbons (Fsp3) is 0.368. The Hall–Kier alpha value is -2.34. The molecule has 0 saturated carbocycles. The molecule has 1 heterocycles. The Kier molecular flexibility index (Phi) is 6.58.